The molecule has 0 spiro atoms. The number of hydrogen-bond acceptors (Lipinski definition) is 2. The zero-order valence-electron chi connectivity index (χ0n) is 7.57. The van der Waals surface area contributed by atoms with Crippen molar-refractivity contribution in [2.24, 2.45) is 0 Å². The monoisotopic (exact) mass is 215 g/mol. The smallest absolute Gasteiger partial charge is 0.390 e. The second-order valence-corrected chi connectivity index (χ2v) is 3.69. The molecule has 0 aliphatic carbocycles. The minimum absolute atomic E-state index is 0.170. The highest BCUT2D eigenvalue weighted by Crippen LogP contribution is 2.32. The van der Waals surface area contributed by atoms with E-state index in [0.717, 1.165) is 0 Å². The Morgan fingerprint density at radius 3 is 2.21 bits per heavy atom. The van der Waals surface area contributed by atoms with Crippen LogP contribution >= 0.6 is 0 Å². The molecule has 84 valence electrons. The fraction of sp³-hybridized carbons (Fsp3) is 1.00. The van der Waals surface area contributed by atoms with E-state index in [2.05, 4.69) is 5.32 Å². The van der Waals surface area contributed by atoms with Crippen molar-refractivity contribution < 1.29 is 22.7 Å². The first kappa shape index (κ1) is 11.7. The van der Waals surface area contributed by atoms with E-state index in [1.807, 2.05) is 0 Å². The molecular weight excluding hydrogens is 202 g/mol. The predicted octanol–water partition coefficient (Wildman–Crippen LogP) is 1.39. The SMILES string of the molecule is OC1(CC(F)C(F)(F)F)CCNCC1. The van der Waals surface area contributed by atoms with Gasteiger partial charge in [-0.2, -0.15) is 13.2 Å². The molecule has 0 aromatic heterocycles. The molecule has 0 bridgehead atoms. The van der Waals surface area contributed by atoms with Crippen LogP contribution in [0.25, 0.3) is 0 Å². The van der Waals surface area contributed by atoms with Crippen molar-refractivity contribution >= 4 is 0 Å². The number of halogens is 4. The maximum Gasteiger partial charge on any atom is 0.419 e. The minimum Gasteiger partial charge on any atom is -0.390 e. The Bertz CT molecular complexity index is 188. The van der Waals surface area contributed by atoms with Crippen molar-refractivity contribution in [1.29, 1.82) is 0 Å². The normalized spacial score (nSPS) is 24.6. The van der Waals surface area contributed by atoms with Gasteiger partial charge in [0, 0.05) is 6.42 Å². The van der Waals surface area contributed by atoms with Crippen molar-refractivity contribution in [1.82, 2.24) is 5.32 Å². The zero-order chi connectivity index (χ0) is 10.8. The van der Waals surface area contributed by atoms with Gasteiger partial charge in [-0.15, -0.1) is 0 Å². The van der Waals surface area contributed by atoms with Crippen molar-refractivity contribution in [3.8, 4) is 0 Å². The lowest BCUT2D eigenvalue weighted by atomic mass is 9.87. The molecule has 1 fully saturated rings. The van der Waals surface area contributed by atoms with Gasteiger partial charge in [0.25, 0.3) is 0 Å². The first-order chi connectivity index (χ1) is 6.33. The van der Waals surface area contributed by atoms with Crippen LogP contribution < -0.4 is 5.32 Å². The number of hydrogen-bond donors (Lipinski definition) is 2. The van der Waals surface area contributed by atoms with Crippen LogP contribution in [-0.4, -0.2) is 36.1 Å². The summed E-state index contributed by atoms with van der Waals surface area (Å²) >= 11 is 0. The third-order valence-corrected chi connectivity index (χ3v) is 2.45. The first-order valence-electron chi connectivity index (χ1n) is 4.47. The van der Waals surface area contributed by atoms with Gasteiger partial charge in [0.2, 0.25) is 0 Å². The van der Waals surface area contributed by atoms with Crippen LogP contribution in [0.1, 0.15) is 19.3 Å². The van der Waals surface area contributed by atoms with E-state index in [1.54, 1.807) is 0 Å². The van der Waals surface area contributed by atoms with Crippen LogP contribution in [0.15, 0.2) is 0 Å². The number of rotatable bonds is 2. The second-order valence-electron chi connectivity index (χ2n) is 3.69. The molecule has 2 N–H and O–H groups in total. The standard InChI is InChI=1S/C8H13F4NO/c9-6(8(10,11)12)5-7(14)1-3-13-4-2-7/h6,13-14H,1-5H2. The van der Waals surface area contributed by atoms with Gasteiger partial charge < -0.3 is 10.4 Å². The third kappa shape index (κ3) is 3.09. The highest BCUT2D eigenvalue weighted by molar-refractivity contribution is 4.88. The second kappa shape index (κ2) is 4.02. The Morgan fingerprint density at radius 2 is 1.79 bits per heavy atom. The summed E-state index contributed by atoms with van der Waals surface area (Å²) in [5.74, 6) is 0. The van der Waals surface area contributed by atoms with E-state index in [9.17, 15) is 22.7 Å². The molecule has 14 heavy (non-hydrogen) atoms. The summed E-state index contributed by atoms with van der Waals surface area (Å²) in [6, 6.07) is 0. The molecular formula is C8H13F4NO. The molecule has 1 aliphatic rings. The van der Waals surface area contributed by atoms with E-state index in [0.29, 0.717) is 13.1 Å². The van der Waals surface area contributed by atoms with E-state index >= 15 is 0 Å². The van der Waals surface area contributed by atoms with Crippen LogP contribution in [0.3, 0.4) is 0 Å². The molecule has 1 saturated heterocycles. The Balaban J connectivity index is 2.49. The molecule has 1 heterocycles. The lowest BCUT2D eigenvalue weighted by Gasteiger charge is -2.33. The molecule has 0 aromatic rings. The van der Waals surface area contributed by atoms with Gasteiger partial charge in [-0.1, -0.05) is 0 Å². The van der Waals surface area contributed by atoms with Crippen molar-refractivity contribution in [2.75, 3.05) is 13.1 Å². The number of aliphatic hydroxyl groups is 1. The highest BCUT2D eigenvalue weighted by atomic mass is 19.4. The minimum atomic E-state index is -4.86. The number of piperidine rings is 1. The summed E-state index contributed by atoms with van der Waals surface area (Å²) in [7, 11) is 0. The molecule has 1 atom stereocenters. The van der Waals surface area contributed by atoms with E-state index in [1.165, 1.54) is 0 Å². The van der Waals surface area contributed by atoms with Crippen molar-refractivity contribution in [3.63, 3.8) is 0 Å². The highest BCUT2D eigenvalue weighted by Gasteiger charge is 2.45. The van der Waals surface area contributed by atoms with Gasteiger partial charge in [0.05, 0.1) is 5.60 Å². The average molecular weight is 215 g/mol. The molecule has 0 saturated carbocycles. The van der Waals surface area contributed by atoms with Crippen LogP contribution in [0, 0.1) is 0 Å². The first-order valence-corrected chi connectivity index (χ1v) is 4.47. The van der Waals surface area contributed by atoms with E-state index in [4.69, 9.17) is 0 Å². The molecule has 1 aliphatic heterocycles. The average Bonchev–Trinajstić information content (AvgIpc) is 2.02. The summed E-state index contributed by atoms with van der Waals surface area (Å²) in [6.45, 7) is 0.863. The summed E-state index contributed by atoms with van der Waals surface area (Å²) in [5, 5.41) is 12.5. The van der Waals surface area contributed by atoms with Gasteiger partial charge in [0.15, 0.2) is 6.17 Å². The van der Waals surface area contributed by atoms with Crippen molar-refractivity contribution in [2.45, 2.75) is 37.2 Å². The maximum atomic E-state index is 12.6. The predicted molar refractivity (Wildman–Crippen MR) is 42.6 cm³/mol. The maximum absolute atomic E-state index is 12.6. The molecule has 0 radical (unpaired) electrons. The quantitative estimate of drug-likeness (QED) is 0.682. The van der Waals surface area contributed by atoms with E-state index in [-0.39, 0.29) is 12.8 Å². The topological polar surface area (TPSA) is 32.3 Å². The molecule has 6 heteroatoms. The molecule has 1 rings (SSSR count). The largest absolute Gasteiger partial charge is 0.419 e. The zero-order valence-corrected chi connectivity index (χ0v) is 7.57. The van der Waals surface area contributed by atoms with Gasteiger partial charge >= 0.3 is 6.18 Å². The molecule has 2 nitrogen and oxygen atoms in total. The van der Waals surface area contributed by atoms with Gasteiger partial charge in [-0.25, -0.2) is 4.39 Å². The number of nitrogens with one attached hydrogen (secondary N) is 1. The van der Waals surface area contributed by atoms with Gasteiger partial charge in [-0.05, 0) is 25.9 Å². The van der Waals surface area contributed by atoms with E-state index < -0.39 is 24.4 Å². The third-order valence-electron chi connectivity index (χ3n) is 2.45. The fourth-order valence-electron chi connectivity index (χ4n) is 1.55. The van der Waals surface area contributed by atoms with Gasteiger partial charge in [0.1, 0.15) is 0 Å². The summed E-state index contributed by atoms with van der Waals surface area (Å²) in [5.41, 5.74) is -1.50. The van der Waals surface area contributed by atoms with Crippen LogP contribution in [0.5, 0.6) is 0 Å². The molecule has 0 amide bonds. The van der Waals surface area contributed by atoms with Crippen molar-refractivity contribution in [3.05, 3.63) is 0 Å². The fourth-order valence-corrected chi connectivity index (χ4v) is 1.55. The summed E-state index contributed by atoms with van der Waals surface area (Å²) in [4.78, 5) is 0. The van der Waals surface area contributed by atoms with Crippen LogP contribution in [0.2, 0.25) is 0 Å². The Labute approximate surface area is 79.3 Å². The summed E-state index contributed by atoms with van der Waals surface area (Å²) < 4.78 is 48.3. The summed E-state index contributed by atoms with van der Waals surface area (Å²) in [6.07, 6.45) is -8.29. The lowest BCUT2D eigenvalue weighted by Crippen LogP contribution is -2.45. The molecule has 0 aromatic carbocycles. The Morgan fingerprint density at radius 1 is 1.29 bits per heavy atom. The van der Waals surface area contributed by atoms with Gasteiger partial charge in [-0.3, -0.25) is 0 Å². The Hall–Kier alpha value is -0.360. The van der Waals surface area contributed by atoms with Crippen LogP contribution in [-0.2, 0) is 0 Å². The van der Waals surface area contributed by atoms with Crippen LogP contribution in [0.4, 0.5) is 17.6 Å². The number of alkyl halides is 4. The lowest BCUT2D eigenvalue weighted by molar-refractivity contribution is -0.196. The Kier molecular flexibility index (Phi) is 3.36. The molecule has 1 unspecified atom stereocenters.